The molecule has 1 heterocycles. The van der Waals surface area contributed by atoms with Crippen molar-refractivity contribution in [2.24, 2.45) is 0 Å². The van der Waals surface area contributed by atoms with Gasteiger partial charge in [0.2, 0.25) is 10.0 Å². The Labute approximate surface area is 114 Å². The molecule has 0 radical (unpaired) electrons. The third-order valence-corrected chi connectivity index (χ3v) is 5.37. The summed E-state index contributed by atoms with van der Waals surface area (Å²) in [6, 6.07) is 6.86. The van der Waals surface area contributed by atoms with Crippen molar-refractivity contribution in [3.63, 3.8) is 0 Å². The Hall–Kier alpha value is -1.11. The van der Waals surface area contributed by atoms with Crippen LogP contribution < -0.4 is 5.73 Å². The first-order valence-electron chi connectivity index (χ1n) is 6.33. The molecule has 5 nitrogen and oxygen atoms in total. The SMILES string of the molecule is CC1(O)CCN(S(=O)(=O)Cc2ccc(N)cc2)CC1. The van der Waals surface area contributed by atoms with Gasteiger partial charge in [0.05, 0.1) is 11.4 Å². The third kappa shape index (κ3) is 3.68. The summed E-state index contributed by atoms with van der Waals surface area (Å²) < 4.78 is 26.0. The molecule has 1 aromatic rings. The number of rotatable bonds is 3. The first kappa shape index (κ1) is 14.3. The third-order valence-electron chi connectivity index (χ3n) is 3.52. The Kier molecular flexibility index (Phi) is 3.85. The van der Waals surface area contributed by atoms with Gasteiger partial charge in [0.1, 0.15) is 0 Å². The molecule has 0 unspecified atom stereocenters. The summed E-state index contributed by atoms with van der Waals surface area (Å²) in [4.78, 5) is 0. The van der Waals surface area contributed by atoms with Gasteiger partial charge in [0.15, 0.2) is 0 Å². The fourth-order valence-corrected chi connectivity index (χ4v) is 3.70. The molecule has 1 aliphatic rings. The maximum Gasteiger partial charge on any atom is 0.218 e. The fourth-order valence-electron chi connectivity index (χ4n) is 2.16. The van der Waals surface area contributed by atoms with Crippen LogP contribution in [0.2, 0.25) is 0 Å². The molecule has 106 valence electrons. The van der Waals surface area contributed by atoms with Crippen LogP contribution in [0.25, 0.3) is 0 Å². The Balaban J connectivity index is 2.05. The van der Waals surface area contributed by atoms with Crippen molar-refractivity contribution in [2.75, 3.05) is 18.8 Å². The van der Waals surface area contributed by atoms with Crippen LogP contribution in [0.1, 0.15) is 25.3 Å². The Morgan fingerprint density at radius 2 is 1.79 bits per heavy atom. The van der Waals surface area contributed by atoms with Crippen LogP contribution in [-0.4, -0.2) is 36.5 Å². The molecular formula is C13H20N2O3S. The summed E-state index contributed by atoms with van der Waals surface area (Å²) in [7, 11) is -3.32. The normalized spacial score (nSPS) is 20.3. The molecule has 0 aromatic heterocycles. The van der Waals surface area contributed by atoms with Gasteiger partial charge in [-0.1, -0.05) is 12.1 Å². The van der Waals surface area contributed by atoms with Crippen molar-refractivity contribution >= 4 is 15.7 Å². The van der Waals surface area contributed by atoms with Crippen LogP contribution >= 0.6 is 0 Å². The highest BCUT2D eigenvalue weighted by Crippen LogP contribution is 2.24. The summed E-state index contributed by atoms with van der Waals surface area (Å²) in [5, 5.41) is 9.84. The lowest BCUT2D eigenvalue weighted by atomic mass is 9.95. The quantitative estimate of drug-likeness (QED) is 0.809. The topological polar surface area (TPSA) is 83.6 Å². The lowest BCUT2D eigenvalue weighted by Gasteiger charge is -2.35. The second-order valence-corrected chi connectivity index (χ2v) is 7.36. The largest absolute Gasteiger partial charge is 0.399 e. The van der Waals surface area contributed by atoms with Crippen molar-refractivity contribution in [2.45, 2.75) is 31.1 Å². The van der Waals surface area contributed by atoms with Crippen molar-refractivity contribution in [1.82, 2.24) is 4.31 Å². The van der Waals surface area contributed by atoms with Crippen LogP contribution in [0.4, 0.5) is 5.69 Å². The Bertz CT molecular complexity index is 528. The van der Waals surface area contributed by atoms with E-state index in [1.807, 2.05) is 0 Å². The van der Waals surface area contributed by atoms with E-state index in [0.717, 1.165) is 5.56 Å². The number of hydrogen-bond acceptors (Lipinski definition) is 4. The zero-order valence-electron chi connectivity index (χ0n) is 11.0. The van der Waals surface area contributed by atoms with E-state index >= 15 is 0 Å². The van der Waals surface area contributed by atoms with E-state index in [4.69, 9.17) is 5.73 Å². The molecule has 6 heteroatoms. The predicted molar refractivity (Wildman–Crippen MR) is 74.9 cm³/mol. The van der Waals surface area contributed by atoms with E-state index < -0.39 is 15.6 Å². The average Bonchev–Trinajstić information content (AvgIpc) is 2.31. The van der Waals surface area contributed by atoms with Gasteiger partial charge in [-0.05, 0) is 37.5 Å². The minimum absolute atomic E-state index is 0.0184. The van der Waals surface area contributed by atoms with Crippen molar-refractivity contribution in [3.05, 3.63) is 29.8 Å². The van der Waals surface area contributed by atoms with Crippen LogP contribution in [0.3, 0.4) is 0 Å². The number of sulfonamides is 1. The van der Waals surface area contributed by atoms with Gasteiger partial charge in [0.25, 0.3) is 0 Å². The standard InChI is InChI=1S/C13H20N2O3S/c1-13(16)6-8-15(9-7-13)19(17,18)10-11-2-4-12(14)5-3-11/h2-5,16H,6-10,14H2,1H3. The minimum atomic E-state index is -3.32. The second-order valence-electron chi connectivity index (χ2n) is 5.39. The maximum absolute atomic E-state index is 12.3. The molecule has 1 saturated heterocycles. The van der Waals surface area contributed by atoms with E-state index in [1.54, 1.807) is 31.2 Å². The molecule has 0 bridgehead atoms. The number of nitrogens with two attached hydrogens (primary N) is 1. The first-order chi connectivity index (χ1) is 8.78. The number of anilines is 1. The highest BCUT2D eigenvalue weighted by Gasteiger charge is 2.32. The second kappa shape index (κ2) is 5.11. The number of nitrogen functional groups attached to an aromatic ring is 1. The number of nitrogens with zero attached hydrogens (tertiary/aromatic N) is 1. The van der Waals surface area contributed by atoms with Gasteiger partial charge in [-0.3, -0.25) is 0 Å². The molecule has 1 aliphatic heterocycles. The number of benzene rings is 1. The van der Waals surface area contributed by atoms with E-state index in [-0.39, 0.29) is 5.75 Å². The van der Waals surface area contributed by atoms with Crippen LogP contribution in [0.5, 0.6) is 0 Å². The summed E-state index contributed by atoms with van der Waals surface area (Å²) in [5.41, 5.74) is 6.18. The predicted octanol–water partition coefficient (Wildman–Crippen LogP) is 0.945. The Morgan fingerprint density at radius 1 is 1.26 bits per heavy atom. The molecule has 0 amide bonds. The van der Waals surface area contributed by atoms with E-state index in [2.05, 4.69) is 0 Å². The smallest absolute Gasteiger partial charge is 0.218 e. The van der Waals surface area contributed by atoms with Crippen LogP contribution in [-0.2, 0) is 15.8 Å². The zero-order valence-corrected chi connectivity index (χ0v) is 11.9. The lowest BCUT2D eigenvalue weighted by Crippen LogP contribution is -2.45. The van der Waals surface area contributed by atoms with Crippen molar-refractivity contribution in [3.8, 4) is 0 Å². The highest BCUT2D eigenvalue weighted by atomic mass is 32.2. The van der Waals surface area contributed by atoms with E-state index in [9.17, 15) is 13.5 Å². The van der Waals surface area contributed by atoms with Gasteiger partial charge in [0, 0.05) is 18.8 Å². The molecule has 0 atom stereocenters. The molecule has 2 rings (SSSR count). The molecule has 3 N–H and O–H groups in total. The maximum atomic E-state index is 12.3. The average molecular weight is 284 g/mol. The number of piperidine rings is 1. The van der Waals surface area contributed by atoms with E-state index in [1.165, 1.54) is 4.31 Å². The molecule has 1 aromatic carbocycles. The molecule has 1 fully saturated rings. The molecule has 19 heavy (non-hydrogen) atoms. The summed E-state index contributed by atoms with van der Waals surface area (Å²) in [6.07, 6.45) is 0.960. The van der Waals surface area contributed by atoms with Gasteiger partial charge in [-0.2, -0.15) is 0 Å². The minimum Gasteiger partial charge on any atom is -0.399 e. The van der Waals surface area contributed by atoms with E-state index in [0.29, 0.717) is 31.6 Å². The first-order valence-corrected chi connectivity index (χ1v) is 7.94. The summed E-state index contributed by atoms with van der Waals surface area (Å²) in [6.45, 7) is 2.51. The molecule has 0 saturated carbocycles. The van der Waals surface area contributed by atoms with Crippen LogP contribution in [0, 0.1) is 0 Å². The fraction of sp³-hybridized carbons (Fsp3) is 0.538. The lowest BCUT2D eigenvalue weighted by molar-refractivity contribution is 0.0126. The number of hydrogen-bond donors (Lipinski definition) is 2. The van der Waals surface area contributed by atoms with Crippen LogP contribution in [0.15, 0.2) is 24.3 Å². The van der Waals surface area contributed by atoms with Crippen molar-refractivity contribution < 1.29 is 13.5 Å². The zero-order chi connectivity index (χ0) is 14.1. The van der Waals surface area contributed by atoms with Crippen molar-refractivity contribution in [1.29, 1.82) is 0 Å². The van der Waals surface area contributed by atoms with Gasteiger partial charge in [-0.15, -0.1) is 0 Å². The summed E-state index contributed by atoms with van der Waals surface area (Å²) >= 11 is 0. The van der Waals surface area contributed by atoms with Gasteiger partial charge >= 0.3 is 0 Å². The monoisotopic (exact) mass is 284 g/mol. The number of aliphatic hydroxyl groups is 1. The molecule has 0 spiro atoms. The summed E-state index contributed by atoms with van der Waals surface area (Å²) in [5.74, 6) is -0.0184. The highest BCUT2D eigenvalue weighted by molar-refractivity contribution is 7.88. The molecular weight excluding hydrogens is 264 g/mol. The van der Waals surface area contributed by atoms with Gasteiger partial charge < -0.3 is 10.8 Å². The Morgan fingerprint density at radius 3 is 2.32 bits per heavy atom. The van der Waals surface area contributed by atoms with Gasteiger partial charge in [-0.25, -0.2) is 12.7 Å². The molecule has 0 aliphatic carbocycles.